The molecule has 154 valence electrons. The smallest absolute Gasteiger partial charge is 0.203 e. The average Bonchev–Trinajstić information content (AvgIpc) is 2.78. The van der Waals surface area contributed by atoms with Crippen LogP contribution in [0.4, 0.5) is 0 Å². The van der Waals surface area contributed by atoms with E-state index in [1.807, 2.05) is 48.5 Å². The molecule has 3 rings (SSSR count). The minimum atomic E-state index is -0.176. The van der Waals surface area contributed by atoms with Crippen LogP contribution in [0.25, 0.3) is 6.08 Å². The number of allylic oxidation sites excluding steroid dienone is 1. The molecule has 6 heteroatoms. The predicted octanol–water partition coefficient (Wildman–Crippen LogP) is 6.16. The molecule has 0 aliphatic carbocycles. The Balaban J connectivity index is 1.72. The van der Waals surface area contributed by atoms with Gasteiger partial charge in [-0.2, -0.15) is 0 Å². The van der Waals surface area contributed by atoms with Crippen LogP contribution < -0.4 is 18.9 Å². The van der Waals surface area contributed by atoms with E-state index in [0.29, 0.717) is 28.6 Å². The van der Waals surface area contributed by atoms with Crippen LogP contribution in [0.15, 0.2) is 71.2 Å². The van der Waals surface area contributed by atoms with Crippen LogP contribution in [0.1, 0.15) is 15.9 Å². The molecule has 0 saturated carbocycles. The summed E-state index contributed by atoms with van der Waals surface area (Å²) in [4.78, 5) is 12.6. The summed E-state index contributed by atoms with van der Waals surface area (Å²) in [7, 11) is 4.55. The molecule has 0 aliphatic rings. The molecule has 0 N–H and O–H groups in total. The summed E-state index contributed by atoms with van der Waals surface area (Å²) in [5.41, 5.74) is 1.31. The second kappa shape index (κ2) is 9.98. The molecule has 0 saturated heterocycles. The topological polar surface area (TPSA) is 54.0 Å². The van der Waals surface area contributed by atoms with Crippen LogP contribution in [0.5, 0.6) is 28.7 Å². The molecule has 0 aromatic heterocycles. The van der Waals surface area contributed by atoms with Crippen molar-refractivity contribution < 1.29 is 23.7 Å². The highest BCUT2D eigenvalue weighted by molar-refractivity contribution is 9.10. The first-order chi connectivity index (χ1) is 14.5. The van der Waals surface area contributed by atoms with E-state index in [4.69, 9.17) is 18.9 Å². The minimum absolute atomic E-state index is 0.176. The number of benzene rings is 3. The van der Waals surface area contributed by atoms with Gasteiger partial charge in [0.2, 0.25) is 5.75 Å². The first-order valence-corrected chi connectivity index (χ1v) is 9.89. The first kappa shape index (κ1) is 21.5. The van der Waals surface area contributed by atoms with E-state index in [0.717, 1.165) is 15.8 Å². The van der Waals surface area contributed by atoms with Gasteiger partial charge in [-0.1, -0.05) is 34.1 Å². The van der Waals surface area contributed by atoms with Gasteiger partial charge in [0.25, 0.3) is 0 Å². The summed E-state index contributed by atoms with van der Waals surface area (Å²) in [6, 6.07) is 18.3. The third-order valence-corrected chi connectivity index (χ3v) is 4.83. The Labute approximate surface area is 184 Å². The lowest BCUT2D eigenvalue weighted by molar-refractivity contribution is 0.104. The van der Waals surface area contributed by atoms with Crippen LogP contribution in [-0.2, 0) is 0 Å². The molecule has 0 heterocycles. The second-order valence-electron chi connectivity index (χ2n) is 6.24. The normalized spacial score (nSPS) is 10.7. The van der Waals surface area contributed by atoms with Crippen molar-refractivity contribution in [2.24, 2.45) is 0 Å². The monoisotopic (exact) mass is 468 g/mol. The van der Waals surface area contributed by atoms with Gasteiger partial charge in [-0.05, 0) is 60.2 Å². The van der Waals surface area contributed by atoms with Crippen molar-refractivity contribution in [1.29, 1.82) is 0 Å². The molecule has 5 nitrogen and oxygen atoms in total. The third-order valence-electron chi connectivity index (χ3n) is 4.31. The van der Waals surface area contributed by atoms with E-state index in [2.05, 4.69) is 15.9 Å². The Morgan fingerprint density at radius 1 is 0.800 bits per heavy atom. The largest absolute Gasteiger partial charge is 0.493 e. The number of ether oxygens (including phenoxy) is 4. The second-order valence-corrected chi connectivity index (χ2v) is 7.15. The minimum Gasteiger partial charge on any atom is -0.493 e. The lowest BCUT2D eigenvalue weighted by Crippen LogP contribution is -2.00. The van der Waals surface area contributed by atoms with Gasteiger partial charge < -0.3 is 18.9 Å². The van der Waals surface area contributed by atoms with E-state index in [9.17, 15) is 4.79 Å². The van der Waals surface area contributed by atoms with E-state index < -0.39 is 0 Å². The lowest BCUT2D eigenvalue weighted by atomic mass is 10.1. The highest BCUT2D eigenvalue weighted by Crippen LogP contribution is 2.38. The standard InChI is InChI=1S/C24H21BrO5/c1-27-22-14-17(15-23(28-2)24(22)29-3)21(26)13-6-16-4-9-19(10-5-16)30-20-11-7-18(25)8-12-20/h4-15H,1-3H3/b13-6+. The zero-order valence-corrected chi connectivity index (χ0v) is 18.4. The molecule has 0 radical (unpaired) electrons. The Bertz CT molecular complexity index is 1020. The number of methoxy groups -OCH3 is 3. The number of carbonyl (C=O) groups is 1. The highest BCUT2D eigenvalue weighted by atomic mass is 79.9. The van der Waals surface area contributed by atoms with Gasteiger partial charge in [-0.25, -0.2) is 0 Å². The molecule has 0 bridgehead atoms. The molecule has 0 atom stereocenters. The molecule has 0 unspecified atom stereocenters. The first-order valence-electron chi connectivity index (χ1n) is 9.10. The maximum atomic E-state index is 12.6. The molecule has 0 amide bonds. The van der Waals surface area contributed by atoms with Crippen molar-refractivity contribution >= 4 is 27.8 Å². The SMILES string of the molecule is COc1cc(C(=O)/C=C/c2ccc(Oc3ccc(Br)cc3)cc2)cc(OC)c1OC. The molecular weight excluding hydrogens is 448 g/mol. The average molecular weight is 469 g/mol. The van der Waals surface area contributed by atoms with Crippen molar-refractivity contribution in [1.82, 2.24) is 0 Å². The summed E-state index contributed by atoms with van der Waals surface area (Å²) in [6.07, 6.45) is 3.25. The van der Waals surface area contributed by atoms with Crippen LogP contribution in [-0.4, -0.2) is 27.1 Å². The zero-order chi connectivity index (χ0) is 21.5. The number of halogens is 1. The van der Waals surface area contributed by atoms with E-state index in [1.54, 1.807) is 18.2 Å². The summed E-state index contributed by atoms with van der Waals surface area (Å²) in [6.45, 7) is 0. The fourth-order valence-electron chi connectivity index (χ4n) is 2.78. The van der Waals surface area contributed by atoms with Gasteiger partial charge in [0.1, 0.15) is 11.5 Å². The van der Waals surface area contributed by atoms with Crippen molar-refractivity contribution in [2.75, 3.05) is 21.3 Å². The van der Waals surface area contributed by atoms with Crippen LogP contribution in [0.3, 0.4) is 0 Å². The maximum absolute atomic E-state index is 12.6. The Hall–Kier alpha value is -3.25. The Morgan fingerprint density at radius 3 is 1.83 bits per heavy atom. The van der Waals surface area contributed by atoms with E-state index >= 15 is 0 Å². The fourth-order valence-corrected chi connectivity index (χ4v) is 3.04. The van der Waals surface area contributed by atoms with E-state index in [-0.39, 0.29) is 5.78 Å². The van der Waals surface area contributed by atoms with Gasteiger partial charge in [-0.3, -0.25) is 4.79 Å². The fraction of sp³-hybridized carbons (Fsp3) is 0.125. The molecular formula is C24H21BrO5. The van der Waals surface area contributed by atoms with Crippen molar-refractivity contribution in [3.63, 3.8) is 0 Å². The summed E-state index contributed by atoms with van der Waals surface area (Å²) in [5, 5.41) is 0. The van der Waals surface area contributed by atoms with Crippen molar-refractivity contribution in [2.45, 2.75) is 0 Å². The Morgan fingerprint density at radius 2 is 1.33 bits per heavy atom. The summed E-state index contributed by atoms with van der Waals surface area (Å²) in [5.74, 6) is 2.60. The number of ketones is 1. The van der Waals surface area contributed by atoms with Gasteiger partial charge in [0.15, 0.2) is 17.3 Å². The van der Waals surface area contributed by atoms with Crippen LogP contribution in [0.2, 0.25) is 0 Å². The quantitative estimate of drug-likeness (QED) is 0.292. The van der Waals surface area contributed by atoms with Crippen LogP contribution in [0, 0.1) is 0 Å². The summed E-state index contributed by atoms with van der Waals surface area (Å²) >= 11 is 3.40. The predicted molar refractivity (Wildman–Crippen MR) is 120 cm³/mol. The number of carbonyl (C=O) groups excluding carboxylic acids is 1. The van der Waals surface area contributed by atoms with Crippen LogP contribution >= 0.6 is 15.9 Å². The van der Waals surface area contributed by atoms with Gasteiger partial charge in [0, 0.05) is 10.0 Å². The van der Waals surface area contributed by atoms with Gasteiger partial charge >= 0.3 is 0 Å². The number of hydrogen-bond acceptors (Lipinski definition) is 5. The van der Waals surface area contributed by atoms with Gasteiger partial charge in [-0.15, -0.1) is 0 Å². The lowest BCUT2D eigenvalue weighted by Gasteiger charge is -2.13. The molecule has 0 fully saturated rings. The molecule has 30 heavy (non-hydrogen) atoms. The highest BCUT2D eigenvalue weighted by Gasteiger charge is 2.15. The third kappa shape index (κ3) is 5.21. The Kier molecular flexibility index (Phi) is 7.14. The van der Waals surface area contributed by atoms with E-state index in [1.165, 1.54) is 27.4 Å². The number of hydrogen-bond donors (Lipinski definition) is 0. The van der Waals surface area contributed by atoms with Gasteiger partial charge in [0.05, 0.1) is 21.3 Å². The van der Waals surface area contributed by atoms with Crippen molar-refractivity contribution in [3.8, 4) is 28.7 Å². The zero-order valence-electron chi connectivity index (χ0n) is 16.8. The number of rotatable bonds is 8. The van der Waals surface area contributed by atoms with Crippen molar-refractivity contribution in [3.05, 3.63) is 82.3 Å². The molecule has 3 aromatic carbocycles. The molecule has 0 aliphatic heterocycles. The maximum Gasteiger partial charge on any atom is 0.203 e. The molecule has 3 aromatic rings. The molecule has 0 spiro atoms. The summed E-state index contributed by atoms with van der Waals surface area (Å²) < 4.78 is 22.7.